The molecule has 4 aliphatic rings. The first-order chi connectivity index (χ1) is 18.8. The van der Waals surface area contributed by atoms with Crippen molar-refractivity contribution in [1.29, 1.82) is 0 Å². The van der Waals surface area contributed by atoms with Crippen LogP contribution in [0.1, 0.15) is 40.0 Å². The number of unbranched alkanes of at least 4 members (excludes halogenated alkanes) is 1. The van der Waals surface area contributed by atoms with E-state index in [1.165, 1.54) is 0 Å². The SMILES string of the molecule is CCN(CC)c1ccc(N2CC=C[C@]34O[C@@]5(C)C=CCCOC(=O)[C@H]5[C@H]3C(=O)N(CCCCO)C4C2=O)cc1. The summed E-state index contributed by atoms with van der Waals surface area (Å²) in [5, 5.41) is 9.38. The molecular formula is C30H39N3O6. The number of anilines is 2. The topological polar surface area (TPSA) is 99.6 Å². The van der Waals surface area contributed by atoms with E-state index in [4.69, 9.17) is 9.47 Å². The number of fused-ring (bicyclic) bond motifs is 2. The number of benzene rings is 1. The van der Waals surface area contributed by atoms with Gasteiger partial charge in [0.2, 0.25) is 5.91 Å². The first kappa shape index (κ1) is 27.4. The number of nitrogens with zero attached hydrogens (tertiary/aromatic N) is 3. The predicted molar refractivity (Wildman–Crippen MR) is 147 cm³/mol. The van der Waals surface area contributed by atoms with E-state index in [9.17, 15) is 19.5 Å². The summed E-state index contributed by atoms with van der Waals surface area (Å²) < 4.78 is 12.3. The van der Waals surface area contributed by atoms with Crippen molar-refractivity contribution in [2.75, 3.05) is 49.2 Å². The van der Waals surface area contributed by atoms with Crippen LogP contribution in [0.5, 0.6) is 0 Å². The average molecular weight is 538 g/mol. The van der Waals surface area contributed by atoms with Crippen LogP contribution >= 0.6 is 0 Å². The molecule has 9 heteroatoms. The van der Waals surface area contributed by atoms with E-state index < -0.39 is 35.0 Å². The molecule has 4 aliphatic heterocycles. The Labute approximate surface area is 230 Å². The molecule has 39 heavy (non-hydrogen) atoms. The van der Waals surface area contributed by atoms with Crippen molar-refractivity contribution in [2.24, 2.45) is 11.8 Å². The molecule has 5 rings (SSSR count). The molecule has 9 nitrogen and oxygen atoms in total. The molecular weight excluding hydrogens is 498 g/mol. The van der Waals surface area contributed by atoms with Gasteiger partial charge in [0.25, 0.3) is 5.91 Å². The van der Waals surface area contributed by atoms with Crippen molar-refractivity contribution in [3.63, 3.8) is 0 Å². The molecule has 0 aromatic heterocycles. The van der Waals surface area contributed by atoms with Gasteiger partial charge >= 0.3 is 5.97 Å². The van der Waals surface area contributed by atoms with Crippen LogP contribution in [0.2, 0.25) is 0 Å². The first-order valence-corrected chi connectivity index (χ1v) is 14.1. The molecule has 2 amide bonds. The summed E-state index contributed by atoms with van der Waals surface area (Å²) in [7, 11) is 0. The maximum absolute atomic E-state index is 14.4. The minimum absolute atomic E-state index is 0.00551. The maximum Gasteiger partial charge on any atom is 0.313 e. The monoisotopic (exact) mass is 537 g/mol. The molecule has 0 bridgehead atoms. The fourth-order valence-electron chi connectivity index (χ4n) is 6.79. The third kappa shape index (κ3) is 4.45. The number of hydrogen-bond donors (Lipinski definition) is 1. The van der Waals surface area contributed by atoms with Crippen molar-refractivity contribution in [3.8, 4) is 0 Å². The highest BCUT2D eigenvalue weighted by Crippen LogP contribution is 2.57. The van der Waals surface area contributed by atoms with E-state index in [0.29, 0.717) is 25.8 Å². The Kier molecular flexibility index (Phi) is 7.57. The van der Waals surface area contributed by atoms with Gasteiger partial charge < -0.3 is 29.3 Å². The highest BCUT2D eigenvalue weighted by atomic mass is 16.6. The molecule has 0 aliphatic carbocycles. The van der Waals surface area contributed by atoms with E-state index in [1.54, 1.807) is 16.7 Å². The molecule has 1 spiro atoms. The Balaban J connectivity index is 1.56. The molecule has 5 atom stereocenters. The fourth-order valence-corrected chi connectivity index (χ4v) is 6.79. The second kappa shape index (κ2) is 10.8. The lowest BCUT2D eigenvalue weighted by Gasteiger charge is -2.37. The average Bonchev–Trinajstić information content (AvgIpc) is 3.23. The zero-order chi connectivity index (χ0) is 27.8. The number of ether oxygens (including phenoxy) is 2. The summed E-state index contributed by atoms with van der Waals surface area (Å²) in [6, 6.07) is 6.95. The van der Waals surface area contributed by atoms with Crippen LogP contribution < -0.4 is 9.80 Å². The lowest BCUT2D eigenvalue weighted by Crippen LogP contribution is -2.56. The Morgan fingerprint density at radius 2 is 1.74 bits per heavy atom. The number of carbonyl (C=O) groups is 3. The second-order valence-electron chi connectivity index (χ2n) is 10.9. The minimum atomic E-state index is -1.31. The van der Waals surface area contributed by atoms with E-state index in [2.05, 4.69) is 18.7 Å². The molecule has 2 fully saturated rings. The Morgan fingerprint density at radius 3 is 2.44 bits per heavy atom. The highest BCUT2D eigenvalue weighted by molar-refractivity contribution is 6.05. The first-order valence-electron chi connectivity index (χ1n) is 14.1. The number of amides is 2. The smallest absolute Gasteiger partial charge is 0.313 e. The minimum Gasteiger partial charge on any atom is -0.465 e. The molecule has 1 aromatic rings. The van der Waals surface area contributed by atoms with Gasteiger partial charge in [-0.05, 0) is 64.3 Å². The number of hydrogen-bond acceptors (Lipinski definition) is 7. The zero-order valence-corrected chi connectivity index (χ0v) is 23.0. The molecule has 2 saturated heterocycles. The van der Waals surface area contributed by atoms with Gasteiger partial charge in [-0.3, -0.25) is 14.4 Å². The highest BCUT2D eigenvalue weighted by Gasteiger charge is 2.74. The number of likely N-dealkylation sites (tertiary alicyclic amines) is 1. The van der Waals surface area contributed by atoms with Crippen LogP contribution in [0.15, 0.2) is 48.6 Å². The molecule has 0 radical (unpaired) electrons. The standard InChI is InChI=1S/C30H39N3O6/c1-4-31(5-2)21-11-13-22(14-12-21)32-18-10-16-30-23(24-28(37)38-20-9-6-15-29(24,3)39-30)26(35)33(17-7-8-19-34)25(30)27(32)36/h6,10-16,23-25,34H,4-5,7-9,17-20H2,1-3H3/t23-,24+,25?,29-,30-/m0/s1. The quantitative estimate of drug-likeness (QED) is 0.309. The van der Waals surface area contributed by atoms with Gasteiger partial charge in [-0.25, -0.2) is 0 Å². The van der Waals surface area contributed by atoms with Gasteiger partial charge in [-0.1, -0.05) is 24.3 Å². The number of carbonyl (C=O) groups excluding carboxylic acids is 3. The molecule has 1 aromatic carbocycles. The largest absolute Gasteiger partial charge is 0.465 e. The maximum atomic E-state index is 14.4. The van der Waals surface area contributed by atoms with Crippen LogP contribution in [0.25, 0.3) is 0 Å². The summed E-state index contributed by atoms with van der Waals surface area (Å²) in [4.78, 5) is 47.3. The summed E-state index contributed by atoms with van der Waals surface area (Å²) >= 11 is 0. The van der Waals surface area contributed by atoms with E-state index in [-0.39, 0.29) is 31.6 Å². The number of aliphatic hydroxyl groups excluding tert-OH is 1. The van der Waals surface area contributed by atoms with Gasteiger partial charge in [-0.2, -0.15) is 0 Å². The zero-order valence-electron chi connectivity index (χ0n) is 23.0. The van der Waals surface area contributed by atoms with Gasteiger partial charge in [0.05, 0.1) is 18.1 Å². The van der Waals surface area contributed by atoms with Crippen LogP contribution in [0, 0.1) is 11.8 Å². The third-order valence-corrected chi connectivity index (χ3v) is 8.62. The van der Waals surface area contributed by atoms with Gasteiger partial charge in [0.15, 0.2) is 0 Å². The third-order valence-electron chi connectivity index (χ3n) is 8.62. The predicted octanol–water partition coefficient (Wildman–Crippen LogP) is 2.68. The van der Waals surface area contributed by atoms with Gasteiger partial charge in [-0.15, -0.1) is 0 Å². The lowest BCUT2D eigenvalue weighted by molar-refractivity contribution is -0.159. The van der Waals surface area contributed by atoms with Gasteiger partial charge in [0.1, 0.15) is 17.6 Å². The molecule has 1 N–H and O–H groups in total. The van der Waals surface area contributed by atoms with E-state index in [0.717, 1.165) is 24.5 Å². The molecule has 1 unspecified atom stereocenters. The normalized spacial score (nSPS) is 31.8. The lowest BCUT2D eigenvalue weighted by atomic mass is 9.74. The van der Waals surface area contributed by atoms with Gasteiger partial charge in [0, 0.05) is 44.2 Å². The number of esters is 1. The number of aliphatic hydroxyl groups is 1. The molecule has 0 saturated carbocycles. The number of cyclic esters (lactones) is 1. The Hall–Kier alpha value is -3.17. The van der Waals surface area contributed by atoms with Crippen LogP contribution in [-0.2, 0) is 23.9 Å². The second-order valence-corrected chi connectivity index (χ2v) is 10.9. The molecule has 4 heterocycles. The summed E-state index contributed by atoms with van der Waals surface area (Å²) in [6.07, 6.45) is 9.09. The summed E-state index contributed by atoms with van der Waals surface area (Å²) in [6.45, 7) is 8.62. The van der Waals surface area contributed by atoms with Crippen LogP contribution in [0.4, 0.5) is 11.4 Å². The van der Waals surface area contributed by atoms with Crippen molar-refractivity contribution >= 4 is 29.2 Å². The van der Waals surface area contributed by atoms with Crippen molar-refractivity contribution in [3.05, 3.63) is 48.6 Å². The van der Waals surface area contributed by atoms with Crippen molar-refractivity contribution in [2.45, 2.75) is 57.3 Å². The summed E-state index contributed by atoms with van der Waals surface area (Å²) in [5.74, 6) is -2.76. The van der Waals surface area contributed by atoms with Crippen molar-refractivity contribution < 1.29 is 29.0 Å². The van der Waals surface area contributed by atoms with Crippen LogP contribution in [0.3, 0.4) is 0 Å². The van der Waals surface area contributed by atoms with E-state index in [1.807, 2.05) is 48.6 Å². The van der Waals surface area contributed by atoms with E-state index >= 15 is 0 Å². The molecule has 210 valence electrons. The fraction of sp³-hybridized carbons (Fsp3) is 0.567. The van der Waals surface area contributed by atoms with Crippen LogP contribution in [-0.4, -0.2) is 84.4 Å². The summed E-state index contributed by atoms with van der Waals surface area (Å²) in [5.41, 5.74) is -0.582. The Bertz CT molecular complexity index is 1160. The van der Waals surface area contributed by atoms with Crippen molar-refractivity contribution in [1.82, 2.24) is 4.90 Å². The number of rotatable bonds is 8. The Morgan fingerprint density at radius 1 is 1.00 bits per heavy atom.